The molecule has 1 aliphatic carbocycles. The number of carbonyl (C=O) groups excluding carboxylic acids is 2. The van der Waals surface area contributed by atoms with Gasteiger partial charge in [-0.05, 0) is 72.9 Å². The summed E-state index contributed by atoms with van der Waals surface area (Å²) in [5.74, 6) is -0.501. The van der Waals surface area contributed by atoms with E-state index in [0.29, 0.717) is 10.8 Å². The number of rotatable bonds is 13. The SMILES string of the molecule is COc1ccc(C)cc1N(CC(=O)N(Cc1ccc(Cl)cc1)[C@@H](Cc1ccccc1)C(=O)NC1CCCCC1)S(=O)(=O)c1ccccc1. The second-order valence-electron chi connectivity index (χ2n) is 12.2. The van der Waals surface area contributed by atoms with Crippen molar-refractivity contribution in [2.24, 2.45) is 0 Å². The van der Waals surface area contributed by atoms with Crippen LogP contribution >= 0.6 is 11.6 Å². The fourth-order valence-electron chi connectivity index (χ4n) is 6.11. The van der Waals surface area contributed by atoms with Crippen molar-refractivity contribution >= 4 is 39.1 Å². The highest BCUT2D eigenvalue weighted by molar-refractivity contribution is 7.92. The molecule has 1 fully saturated rings. The lowest BCUT2D eigenvalue weighted by atomic mass is 9.94. The topological polar surface area (TPSA) is 96.0 Å². The molecule has 1 aliphatic rings. The lowest BCUT2D eigenvalue weighted by molar-refractivity contribution is -0.140. The molecule has 48 heavy (non-hydrogen) atoms. The molecule has 1 saturated carbocycles. The maximum Gasteiger partial charge on any atom is 0.264 e. The first-order chi connectivity index (χ1) is 23.2. The first kappa shape index (κ1) is 35.0. The number of sulfonamides is 1. The van der Waals surface area contributed by atoms with Crippen LogP contribution in [0.1, 0.15) is 48.8 Å². The Morgan fingerprint density at radius 2 is 1.52 bits per heavy atom. The predicted molar refractivity (Wildman–Crippen MR) is 190 cm³/mol. The monoisotopic (exact) mass is 687 g/mol. The van der Waals surface area contributed by atoms with Gasteiger partial charge in [0.25, 0.3) is 10.0 Å². The van der Waals surface area contributed by atoms with Crippen molar-refractivity contribution in [3.05, 3.63) is 125 Å². The molecule has 252 valence electrons. The number of hydrogen-bond acceptors (Lipinski definition) is 5. The summed E-state index contributed by atoms with van der Waals surface area (Å²) in [4.78, 5) is 30.5. The number of benzene rings is 4. The van der Waals surface area contributed by atoms with E-state index in [1.54, 1.807) is 42.5 Å². The number of ether oxygens (including phenoxy) is 1. The first-order valence-corrected chi connectivity index (χ1v) is 18.1. The van der Waals surface area contributed by atoms with E-state index in [-0.39, 0.29) is 35.5 Å². The zero-order valence-electron chi connectivity index (χ0n) is 27.3. The van der Waals surface area contributed by atoms with Crippen LogP contribution in [-0.2, 0) is 32.6 Å². The van der Waals surface area contributed by atoms with Gasteiger partial charge in [-0.25, -0.2) is 8.42 Å². The van der Waals surface area contributed by atoms with Crippen LogP contribution in [0, 0.1) is 6.92 Å². The summed E-state index contributed by atoms with van der Waals surface area (Å²) < 4.78 is 35.3. The van der Waals surface area contributed by atoms with Crippen molar-refractivity contribution in [1.29, 1.82) is 0 Å². The Balaban J connectivity index is 1.59. The van der Waals surface area contributed by atoms with Gasteiger partial charge in [0, 0.05) is 24.0 Å². The molecule has 8 nitrogen and oxygen atoms in total. The van der Waals surface area contributed by atoms with Gasteiger partial charge in [0.05, 0.1) is 17.7 Å². The van der Waals surface area contributed by atoms with Gasteiger partial charge in [-0.2, -0.15) is 0 Å². The van der Waals surface area contributed by atoms with Crippen molar-refractivity contribution in [2.45, 2.75) is 69.0 Å². The van der Waals surface area contributed by atoms with Gasteiger partial charge >= 0.3 is 0 Å². The summed E-state index contributed by atoms with van der Waals surface area (Å²) in [6, 6.07) is 28.9. The number of aryl methyl sites for hydroxylation is 1. The van der Waals surface area contributed by atoms with E-state index in [1.807, 2.05) is 55.5 Å². The van der Waals surface area contributed by atoms with Gasteiger partial charge in [-0.3, -0.25) is 13.9 Å². The number of methoxy groups -OCH3 is 1. The van der Waals surface area contributed by atoms with Crippen LogP contribution in [-0.4, -0.2) is 50.9 Å². The Hall–Kier alpha value is -4.34. The third kappa shape index (κ3) is 8.76. The Kier molecular flexibility index (Phi) is 11.8. The molecule has 0 aromatic heterocycles. The highest BCUT2D eigenvalue weighted by atomic mass is 35.5. The van der Waals surface area contributed by atoms with Crippen molar-refractivity contribution in [1.82, 2.24) is 10.2 Å². The number of amides is 2. The van der Waals surface area contributed by atoms with E-state index >= 15 is 0 Å². The second-order valence-corrected chi connectivity index (χ2v) is 14.5. The summed E-state index contributed by atoms with van der Waals surface area (Å²) >= 11 is 6.20. The number of carbonyl (C=O) groups is 2. The minimum atomic E-state index is -4.25. The van der Waals surface area contributed by atoms with E-state index in [0.717, 1.165) is 53.1 Å². The second kappa shape index (κ2) is 16.2. The lowest BCUT2D eigenvalue weighted by Crippen LogP contribution is -2.55. The number of hydrogen-bond donors (Lipinski definition) is 1. The molecule has 1 atom stereocenters. The van der Waals surface area contributed by atoms with E-state index in [2.05, 4.69) is 5.32 Å². The van der Waals surface area contributed by atoms with Crippen molar-refractivity contribution in [2.75, 3.05) is 18.0 Å². The van der Waals surface area contributed by atoms with Crippen molar-refractivity contribution < 1.29 is 22.7 Å². The molecule has 0 bridgehead atoms. The maximum absolute atomic E-state index is 14.8. The van der Waals surface area contributed by atoms with Crippen LogP contribution in [0.5, 0.6) is 5.75 Å². The molecule has 5 rings (SSSR count). The molecule has 0 heterocycles. The third-order valence-electron chi connectivity index (χ3n) is 8.70. The predicted octanol–water partition coefficient (Wildman–Crippen LogP) is 6.94. The minimum absolute atomic E-state index is 0.0171. The van der Waals surface area contributed by atoms with Crippen LogP contribution in [0.25, 0.3) is 0 Å². The summed E-state index contributed by atoms with van der Waals surface area (Å²) in [7, 11) is -2.79. The van der Waals surface area contributed by atoms with Gasteiger partial charge in [0.15, 0.2) is 0 Å². The molecule has 1 N–H and O–H groups in total. The number of nitrogens with zero attached hydrogens (tertiary/aromatic N) is 2. The molecule has 10 heteroatoms. The molecule has 0 aliphatic heterocycles. The molecule has 2 amide bonds. The number of anilines is 1. The third-order valence-corrected chi connectivity index (χ3v) is 10.7. The molecule has 0 radical (unpaired) electrons. The minimum Gasteiger partial charge on any atom is -0.495 e. The van der Waals surface area contributed by atoms with Crippen molar-refractivity contribution in [3.63, 3.8) is 0 Å². The molecule has 4 aromatic carbocycles. The van der Waals surface area contributed by atoms with Crippen molar-refractivity contribution in [3.8, 4) is 5.75 Å². The van der Waals surface area contributed by atoms with Crippen LogP contribution in [0.2, 0.25) is 5.02 Å². The van der Waals surface area contributed by atoms with Gasteiger partial charge < -0.3 is 15.0 Å². The summed E-state index contributed by atoms with van der Waals surface area (Å²) in [5.41, 5.74) is 2.65. The summed E-state index contributed by atoms with van der Waals surface area (Å²) in [5, 5.41) is 3.77. The van der Waals surface area contributed by atoms with E-state index in [1.165, 1.54) is 24.1 Å². The van der Waals surface area contributed by atoms with Gasteiger partial charge in [-0.1, -0.05) is 97.6 Å². The highest BCUT2D eigenvalue weighted by Crippen LogP contribution is 2.34. The van der Waals surface area contributed by atoms with Crippen LogP contribution < -0.4 is 14.4 Å². The zero-order chi connectivity index (χ0) is 34.1. The van der Waals surface area contributed by atoms with Gasteiger partial charge in [0.1, 0.15) is 18.3 Å². The zero-order valence-corrected chi connectivity index (χ0v) is 28.9. The largest absolute Gasteiger partial charge is 0.495 e. The molecule has 0 unspecified atom stereocenters. The molecule has 4 aromatic rings. The Morgan fingerprint density at radius 3 is 2.17 bits per heavy atom. The Bertz CT molecular complexity index is 1780. The van der Waals surface area contributed by atoms with E-state index in [4.69, 9.17) is 16.3 Å². The summed E-state index contributed by atoms with van der Waals surface area (Å²) in [6.07, 6.45) is 5.21. The molecular formula is C38H42ClN3O5S. The normalized spacial score (nSPS) is 14.1. The number of halogens is 1. The molecule has 0 saturated heterocycles. The summed E-state index contributed by atoms with van der Waals surface area (Å²) in [6.45, 7) is 1.35. The quantitative estimate of drug-likeness (QED) is 0.164. The Labute approximate surface area is 288 Å². The number of nitrogens with one attached hydrogen (secondary N) is 1. The lowest BCUT2D eigenvalue weighted by Gasteiger charge is -2.35. The van der Waals surface area contributed by atoms with Crippen LogP contribution in [0.15, 0.2) is 108 Å². The van der Waals surface area contributed by atoms with E-state index in [9.17, 15) is 18.0 Å². The fraction of sp³-hybridized carbons (Fsp3) is 0.316. The van der Waals surface area contributed by atoms with Gasteiger partial charge in [-0.15, -0.1) is 0 Å². The fourth-order valence-corrected chi connectivity index (χ4v) is 7.68. The molecule has 0 spiro atoms. The average molecular weight is 688 g/mol. The maximum atomic E-state index is 14.8. The van der Waals surface area contributed by atoms with E-state index < -0.39 is 28.5 Å². The average Bonchev–Trinajstić information content (AvgIpc) is 3.10. The van der Waals surface area contributed by atoms with Crippen LogP contribution in [0.4, 0.5) is 5.69 Å². The smallest absolute Gasteiger partial charge is 0.264 e. The standard InChI is InChI=1S/C38H42ClN3O5S/c1-28-18-23-36(47-2)34(24-28)42(48(45,46)33-16-10-5-11-17-33)27-37(43)41(26-30-19-21-31(39)22-20-30)35(25-29-12-6-3-7-13-29)38(44)40-32-14-8-4-9-15-32/h3,5-7,10-13,16-24,32,35H,4,8-9,14-15,25-27H2,1-2H3,(H,40,44)/t35-/m0/s1. The van der Waals surface area contributed by atoms with Crippen LogP contribution in [0.3, 0.4) is 0 Å². The highest BCUT2D eigenvalue weighted by Gasteiger charge is 2.36. The Morgan fingerprint density at radius 1 is 0.875 bits per heavy atom. The van der Waals surface area contributed by atoms with Gasteiger partial charge in [0.2, 0.25) is 11.8 Å². The first-order valence-electron chi connectivity index (χ1n) is 16.3. The molecular weight excluding hydrogens is 646 g/mol.